The normalized spacial score (nSPS) is 10.2. The molecule has 38 heavy (non-hydrogen) atoms. The molecule has 0 N–H and O–H groups in total. The molecule has 0 fully saturated rings. The molecule has 0 atom stereocenters. The van der Waals surface area contributed by atoms with Crippen molar-refractivity contribution in [2.24, 2.45) is 9.98 Å². The molecule has 12 heteroatoms. The molecule has 0 amide bonds. The topological polar surface area (TPSA) is 158 Å². The van der Waals surface area contributed by atoms with Gasteiger partial charge in [0.05, 0.1) is 11.9 Å². The molecule has 0 saturated carbocycles. The van der Waals surface area contributed by atoms with Gasteiger partial charge in [0.25, 0.3) is 0 Å². The Morgan fingerprint density at radius 1 is 0.684 bits per heavy atom. The van der Waals surface area contributed by atoms with Gasteiger partial charge < -0.3 is 39.8 Å². The number of carboxylic acids is 2. The van der Waals surface area contributed by atoms with Crippen molar-refractivity contribution < 1.29 is 64.2 Å². The fourth-order valence-corrected chi connectivity index (χ4v) is 2.46. The van der Waals surface area contributed by atoms with Crippen molar-refractivity contribution in [3.63, 3.8) is 0 Å². The molecule has 0 bridgehead atoms. The predicted octanol–water partition coefficient (Wildman–Crippen LogP) is -1.26. The fourth-order valence-electron chi connectivity index (χ4n) is 2.46. The number of rotatable bonds is 10. The zero-order chi connectivity index (χ0) is 27.3. The van der Waals surface area contributed by atoms with Crippen LogP contribution in [0.2, 0.25) is 0 Å². The fraction of sp³-hybridized carbons (Fsp3) is 0.385. The largest absolute Gasteiger partial charge is 2.00 e. The minimum absolute atomic E-state index is 0. The van der Waals surface area contributed by atoms with Gasteiger partial charge in [-0.05, 0) is 65.2 Å². The maximum Gasteiger partial charge on any atom is 2.00 e. The van der Waals surface area contributed by atoms with Crippen LogP contribution in [-0.4, -0.2) is 88.5 Å². The van der Waals surface area contributed by atoms with Crippen molar-refractivity contribution in [2.45, 2.75) is 12.8 Å². The Bertz CT molecular complexity index is 895. The van der Waals surface area contributed by atoms with Gasteiger partial charge in [0, 0.05) is 25.5 Å². The van der Waals surface area contributed by atoms with Crippen LogP contribution in [-0.2, 0) is 43.7 Å². The van der Waals surface area contributed by atoms with Crippen LogP contribution >= 0.6 is 0 Å². The summed E-state index contributed by atoms with van der Waals surface area (Å²) in [6.45, 7) is 3.59. The minimum Gasteiger partial charge on any atom is -0.872 e. The van der Waals surface area contributed by atoms with E-state index >= 15 is 0 Å². The first-order chi connectivity index (χ1) is 17.0. The van der Waals surface area contributed by atoms with Gasteiger partial charge in [-0.25, -0.2) is 0 Å². The van der Waals surface area contributed by atoms with Crippen molar-refractivity contribution >= 4 is 24.4 Å². The maximum absolute atomic E-state index is 11.3. The van der Waals surface area contributed by atoms with E-state index in [0.717, 1.165) is 39.0 Å². The second-order valence-corrected chi connectivity index (χ2v) is 8.03. The first-order valence-corrected chi connectivity index (χ1v) is 11.3. The van der Waals surface area contributed by atoms with Gasteiger partial charge in [-0.2, -0.15) is 0 Å². The van der Waals surface area contributed by atoms with E-state index in [-0.39, 0.29) is 45.6 Å². The molecule has 216 valence electrons. The van der Waals surface area contributed by atoms with E-state index in [9.17, 15) is 10.2 Å². The van der Waals surface area contributed by atoms with E-state index in [1.165, 1.54) is 0 Å². The van der Waals surface area contributed by atoms with Crippen LogP contribution in [0.1, 0.15) is 24.0 Å². The van der Waals surface area contributed by atoms with Crippen LogP contribution in [0.15, 0.2) is 58.5 Å². The third-order valence-electron chi connectivity index (χ3n) is 4.25. The van der Waals surface area contributed by atoms with E-state index in [2.05, 4.69) is 19.8 Å². The number of nitrogens with zero attached hydrogens (tertiary/aromatic N) is 4. The molecule has 0 aromatic heterocycles. The van der Waals surface area contributed by atoms with E-state index in [4.69, 9.17) is 19.8 Å². The number of para-hydroxylation sites is 2. The summed E-state index contributed by atoms with van der Waals surface area (Å²) in [7, 11) is 8.15. The molecule has 0 aliphatic heterocycles. The minimum atomic E-state index is -2.19. The molecule has 0 spiro atoms. The van der Waals surface area contributed by atoms with Crippen molar-refractivity contribution in [3.05, 3.63) is 59.7 Å². The van der Waals surface area contributed by atoms with Gasteiger partial charge in [-0.1, -0.05) is 48.5 Å². The molecule has 2 aromatic rings. The summed E-state index contributed by atoms with van der Waals surface area (Å²) in [6.07, 6.45) is 5.37. The van der Waals surface area contributed by atoms with E-state index in [0.29, 0.717) is 11.1 Å². The van der Waals surface area contributed by atoms with Crippen LogP contribution in [0.3, 0.4) is 0 Å². The molecular weight excluding hydrogens is 591 g/mol. The molecule has 0 saturated heterocycles. The Hall–Kier alpha value is -2.72. The number of aliphatic imine (C=N–C) groups is 2. The monoisotopic (exact) mass is 624 g/mol. The summed E-state index contributed by atoms with van der Waals surface area (Å²) in [5.41, 5.74) is 1.34. The summed E-state index contributed by atoms with van der Waals surface area (Å²) in [6, 6.07) is 13.9. The quantitative estimate of drug-likeness (QED) is 0.137. The summed E-state index contributed by atoms with van der Waals surface area (Å²) in [5, 5.41) is 40.4. The summed E-state index contributed by atoms with van der Waals surface area (Å²) < 4.78 is 0. The number of aliphatic carboxylic acids is 2. The van der Waals surface area contributed by atoms with Crippen molar-refractivity contribution in [2.75, 3.05) is 54.4 Å². The van der Waals surface area contributed by atoms with E-state index in [1.807, 2.05) is 40.3 Å². The number of carbonyl (C=O) groups is 2. The van der Waals surface area contributed by atoms with Crippen LogP contribution in [0.5, 0.6) is 11.5 Å². The Balaban J connectivity index is -0.000000511. The van der Waals surface area contributed by atoms with Crippen LogP contribution < -0.4 is 20.4 Å². The third kappa shape index (κ3) is 22.5. The number of hydrogen-bond acceptors (Lipinski definition) is 10. The molecule has 2 radical (unpaired) electrons. The van der Waals surface area contributed by atoms with E-state index < -0.39 is 11.9 Å². The standard InChI is InChI=1S/2C12H18N2O.C2H2O4.2Cu/c2*1-14(2)9-5-8-13-10-11-6-3-4-7-12(11)15;3-1(4)2(5)6;;/h2*3-4,6-7,10,15H,5,8-9H2,1-2H3;(H,3,4)(H,5,6);;/q;;;2*+2/p-4. The number of carboxylic acid groups (broad SMARTS) is 2. The van der Waals surface area contributed by atoms with Gasteiger partial charge in [0.15, 0.2) is 0 Å². The van der Waals surface area contributed by atoms with E-state index in [1.54, 1.807) is 48.8 Å². The average molecular weight is 626 g/mol. The molecule has 0 unspecified atom stereocenters. The molecule has 2 rings (SSSR count). The Labute approximate surface area is 246 Å². The van der Waals surface area contributed by atoms with Gasteiger partial charge >= 0.3 is 34.1 Å². The van der Waals surface area contributed by atoms with Gasteiger partial charge in [-0.15, -0.1) is 11.5 Å². The van der Waals surface area contributed by atoms with Crippen molar-refractivity contribution in [1.82, 2.24) is 9.80 Å². The van der Waals surface area contributed by atoms with Crippen molar-refractivity contribution in [1.29, 1.82) is 0 Å². The molecule has 0 aliphatic rings. The van der Waals surface area contributed by atoms with Crippen LogP contribution in [0, 0.1) is 0 Å². The number of benzene rings is 2. The van der Waals surface area contributed by atoms with Crippen LogP contribution in [0.4, 0.5) is 0 Å². The molecule has 2 aromatic carbocycles. The van der Waals surface area contributed by atoms with Crippen molar-refractivity contribution in [3.8, 4) is 11.5 Å². The second kappa shape index (κ2) is 24.6. The number of hydrogen-bond donors (Lipinski definition) is 0. The van der Waals surface area contributed by atoms with Gasteiger partial charge in [0.2, 0.25) is 0 Å². The summed E-state index contributed by atoms with van der Waals surface area (Å²) in [5.74, 6) is -4.30. The van der Waals surface area contributed by atoms with Gasteiger partial charge in [-0.3, -0.25) is 9.98 Å². The number of carbonyl (C=O) groups excluding carboxylic acids is 2. The zero-order valence-electron chi connectivity index (χ0n) is 21.9. The zero-order valence-corrected chi connectivity index (χ0v) is 23.7. The predicted molar refractivity (Wildman–Crippen MR) is 133 cm³/mol. The first-order valence-electron chi connectivity index (χ1n) is 11.3. The molecule has 10 nitrogen and oxygen atoms in total. The Morgan fingerprint density at radius 2 is 1.00 bits per heavy atom. The molecule has 0 heterocycles. The second-order valence-electron chi connectivity index (χ2n) is 8.03. The average Bonchev–Trinajstić information content (AvgIpc) is 2.81. The molecule has 0 aliphatic carbocycles. The summed E-state index contributed by atoms with van der Waals surface area (Å²) in [4.78, 5) is 30.5. The summed E-state index contributed by atoms with van der Waals surface area (Å²) >= 11 is 0. The first kappa shape index (κ1) is 39.8. The molecular formula is C26H34Cu2N4O6. The third-order valence-corrected chi connectivity index (χ3v) is 4.25. The maximum atomic E-state index is 11.3. The smallest absolute Gasteiger partial charge is 0.872 e. The SMILES string of the molecule is CN(C)CCCN=Cc1ccccc1[O-].CN(C)CCCN=Cc1ccccc1[O-].O=C([O-])C(=O)[O-].[Cu+2].[Cu+2]. The van der Waals surface area contributed by atoms with Gasteiger partial charge in [0.1, 0.15) is 0 Å². The Morgan fingerprint density at radius 3 is 1.26 bits per heavy atom. The Kier molecular flexibility index (Phi) is 25.8. The van der Waals surface area contributed by atoms with Crippen LogP contribution in [0.25, 0.3) is 0 Å².